The summed E-state index contributed by atoms with van der Waals surface area (Å²) in [6, 6.07) is 11.5. The van der Waals surface area contributed by atoms with Crippen molar-refractivity contribution in [2.75, 3.05) is 59.5 Å². The minimum atomic E-state index is -0.0990. The summed E-state index contributed by atoms with van der Waals surface area (Å²) in [5.74, 6) is 0.382. The molecule has 3 heterocycles. The van der Waals surface area contributed by atoms with Crippen molar-refractivity contribution in [2.24, 2.45) is 5.41 Å². The van der Waals surface area contributed by atoms with E-state index < -0.39 is 0 Å². The molecule has 0 saturated carbocycles. The number of methoxy groups -OCH3 is 1. The molecular weight excluding hydrogens is 350 g/mol. The SMILES string of the molecule is COCCN1CCC2(CCN(C3CCN(CCc4ccccc4)CC3)C2)C1=O. The van der Waals surface area contributed by atoms with Crippen LogP contribution in [-0.4, -0.2) is 86.2 Å². The van der Waals surface area contributed by atoms with Crippen LogP contribution in [0.3, 0.4) is 0 Å². The van der Waals surface area contributed by atoms with Gasteiger partial charge in [0.25, 0.3) is 0 Å². The van der Waals surface area contributed by atoms with Gasteiger partial charge in [0.2, 0.25) is 5.91 Å². The van der Waals surface area contributed by atoms with E-state index in [4.69, 9.17) is 4.74 Å². The summed E-state index contributed by atoms with van der Waals surface area (Å²) in [7, 11) is 1.71. The van der Waals surface area contributed by atoms with Gasteiger partial charge in [0, 0.05) is 39.3 Å². The molecule has 5 heteroatoms. The lowest BCUT2D eigenvalue weighted by molar-refractivity contribution is -0.136. The molecule has 1 aromatic carbocycles. The molecule has 154 valence electrons. The van der Waals surface area contributed by atoms with Crippen molar-refractivity contribution in [2.45, 2.75) is 38.1 Å². The average Bonchev–Trinajstić information content (AvgIpc) is 3.31. The minimum absolute atomic E-state index is 0.0990. The number of carbonyl (C=O) groups is 1. The number of hydrogen-bond donors (Lipinski definition) is 0. The van der Waals surface area contributed by atoms with E-state index in [0.717, 1.165) is 52.0 Å². The fourth-order valence-corrected chi connectivity index (χ4v) is 5.34. The highest BCUT2D eigenvalue weighted by atomic mass is 16.5. The van der Waals surface area contributed by atoms with Crippen LogP contribution in [0.1, 0.15) is 31.2 Å². The van der Waals surface area contributed by atoms with Gasteiger partial charge in [-0.1, -0.05) is 30.3 Å². The Hall–Kier alpha value is -1.43. The van der Waals surface area contributed by atoms with Crippen LogP contribution in [0, 0.1) is 5.41 Å². The smallest absolute Gasteiger partial charge is 0.230 e. The van der Waals surface area contributed by atoms with Crippen LogP contribution in [0.15, 0.2) is 30.3 Å². The van der Waals surface area contributed by atoms with E-state index in [9.17, 15) is 4.79 Å². The van der Waals surface area contributed by atoms with Gasteiger partial charge in [-0.3, -0.25) is 9.69 Å². The number of ether oxygens (including phenoxy) is 1. The molecule has 5 nitrogen and oxygen atoms in total. The lowest BCUT2D eigenvalue weighted by Crippen LogP contribution is -2.46. The van der Waals surface area contributed by atoms with Crippen molar-refractivity contribution >= 4 is 5.91 Å². The van der Waals surface area contributed by atoms with E-state index in [1.54, 1.807) is 7.11 Å². The second-order valence-electron chi connectivity index (χ2n) is 8.84. The predicted molar refractivity (Wildman–Crippen MR) is 111 cm³/mol. The molecule has 28 heavy (non-hydrogen) atoms. The normalized spacial score (nSPS) is 27.3. The zero-order chi connectivity index (χ0) is 19.4. The molecule has 0 N–H and O–H groups in total. The quantitative estimate of drug-likeness (QED) is 0.721. The van der Waals surface area contributed by atoms with Gasteiger partial charge in [-0.2, -0.15) is 0 Å². The van der Waals surface area contributed by atoms with Crippen molar-refractivity contribution < 1.29 is 9.53 Å². The minimum Gasteiger partial charge on any atom is -0.383 e. The van der Waals surface area contributed by atoms with Crippen molar-refractivity contribution in [3.63, 3.8) is 0 Å². The maximum atomic E-state index is 13.0. The number of benzene rings is 1. The second-order valence-corrected chi connectivity index (χ2v) is 8.84. The Morgan fingerprint density at radius 1 is 1.04 bits per heavy atom. The molecule has 3 saturated heterocycles. The summed E-state index contributed by atoms with van der Waals surface area (Å²) in [4.78, 5) is 20.2. The summed E-state index contributed by atoms with van der Waals surface area (Å²) in [5.41, 5.74) is 1.34. The van der Waals surface area contributed by atoms with Crippen LogP contribution >= 0.6 is 0 Å². The van der Waals surface area contributed by atoms with Gasteiger partial charge in [-0.05, 0) is 57.3 Å². The summed E-state index contributed by atoms with van der Waals surface area (Å²) >= 11 is 0. The van der Waals surface area contributed by atoms with Gasteiger partial charge in [0.15, 0.2) is 0 Å². The van der Waals surface area contributed by atoms with Crippen LogP contribution in [0.2, 0.25) is 0 Å². The molecule has 1 aromatic rings. The average molecular weight is 386 g/mol. The third kappa shape index (κ3) is 4.27. The van der Waals surface area contributed by atoms with Crippen molar-refractivity contribution in [1.82, 2.24) is 14.7 Å². The molecule has 0 bridgehead atoms. The number of nitrogens with zero attached hydrogens (tertiary/aromatic N) is 3. The van der Waals surface area contributed by atoms with Gasteiger partial charge >= 0.3 is 0 Å². The number of carbonyl (C=O) groups excluding carboxylic acids is 1. The van der Waals surface area contributed by atoms with E-state index in [1.807, 2.05) is 4.90 Å². The Morgan fingerprint density at radius 3 is 2.54 bits per heavy atom. The third-order valence-corrected chi connectivity index (χ3v) is 7.18. The topological polar surface area (TPSA) is 36.0 Å². The molecule has 1 spiro atoms. The number of hydrogen-bond acceptors (Lipinski definition) is 4. The molecular formula is C23H35N3O2. The highest BCUT2D eigenvalue weighted by molar-refractivity contribution is 5.85. The summed E-state index contributed by atoms with van der Waals surface area (Å²) in [5, 5.41) is 0. The standard InChI is InChI=1S/C23H35N3O2/c1-28-18-17-25-15-10-23(22(25)27)11-16-26(19-23)21-8-13-24(14-9-21)12-7-20-5-3-2-4-6-20/h2-6,21H,7-19H2,1H3. The number of likely N-dealkylation sites (tertiary alicyclic amines) is 3. The first-order valence-corrected chi connectivity index (χ1v) is 11.0. The van der Waals surface area contributed by atoms with Gasteiger partial charge in [0.05, 0.1) is 12.0 Å². The lowest BCUT2D eigenvalue weighted by atomic mass is 9.85. The summed E-state index contributed by atoms with van der Waals surface area (Å²) in [6.45, 7) is 7.91. The molecule has 1 amide bonds. The fraction of sp³-hybridized carbons (Fsp3) is 0.696. The van der Waals surface area contributed by atoms with Crippen molar-refractivity contribution in [1.29, 1.82) is 0 Å². The van der Waals surface area contributed by atoms with Crippen LogP contribution in [-0.2, 0) is 16.0 Å². The van der Waals surface area contributed by atoms with Gasteiger partial charge in [-0.25, -0.2) is 0 Å². The van der Waals surface area contributed by atoms with Gasteiger partial charge in [-0.15, -0.1) is 0 Å². The van der Waals surface area contributed by atoms with Gasteiger partial charge < -0.3 is 14.5 Å². The van der Waals surface area contributed by atoms with E-state index in [0.29, 0.717) is 18.6 Å². The maximum absolute atomic E-state index is 13.0. The maximum Gasteiger partial charge on any atom is 0.230 e. The molecule has 0 radical (unpaired) electrons. The molecule has 1 unspecified atom stereocenters. The molecule has 3 aliphatic rings. The molecule has 3 aliphatic heterocycles. The molecule has 1 atom stereocenters. The Labute approximate surface area is 169 Å². The van der Waals surface area contributed by atoms with Crippen LogP contribution < -0.4 is 0 Å². The number of rotatable bonds is 7. The van der Waals surface area contributed by atoms with Crippen molar-refractivity contribution in [3.8, 4) is 0 Å². The first kappa shape index (κ1) is 19.9. The molecule has 0 aromatic heterocycles. The first-order valence-electron chi connectivity index (χ1n) is 11.0. The predicted octanol–water partition coefficient (Wildman–Crippen LogP) is 2.26. The van der Waals surface area contributed by atoms with E-state index in [2.05, 4.69) is 40.1 Å². The van der Waals surface area contributed by atoms with E-state index >= 15 is 0 Å². The van der Waals surface area contributed by atoms with E-state index in [-0.39, 0.29) is 5.41 Å². The summed E-state index contributed by atoms with van der Waals surface area (Å²) < 4.78 is 5.17. The molecule has 4 rings (SSSR count). The zero-order valence-electron chi connectivity index (χ0n) is 17.3. The molecule has 3 fully saturated rings. The Bertz CT molecular complexity index is 645. The number of piperidine rings is 1. The summed E-state index contributed by atoms with van der Waals surface area (Å²) in [6.07, 6.45) is 5.70. The Balaban J connectivity index is 1.23. The van der Waals surface area contributed by atoms with Gasteiger partial charge in [0.1, 0.15) is 0 Å². The Morgan fingerprint density at radius 2 is 1.79 bits per heavy atom. The fourth-order valence-electron chi connectivity index (χ4n) is 5.34. The van der Waals surface area contributed by atoms with Crippen molar-refractivity contribution in [3.05, 3.63) is 35.9 Å². The second kappa shape index (κ2) is 8.93. The zero-order valence-corrected chi connectivity index (χ0v) is 17.3. The van der Waals surface area contributed by atoms with Crippen LogP contribution in [0.4, 0.5) is 0 Å². The van der Waals surface area contributed by atoms with E-state index in [1.165, 1.54) is 31.5 Å². The molecule has 0 aliphatic carbocycles. The number of amides is 1. The largest absolute Gasteiger partial charge is 0.383 e. The first-order chi connectivity index (χ1) is 13.7. The Kier molecular flexibility index (Phi) is 6.34. The monoisotopic (exact) mass is 385 g/mol. The van der Waals surface area contributed by atoms with Crippen LogP contribution in [0.5, 0.6) is 0 Å². The highest BCUT2D eigenvalue weighted by Crippen LogP contribution is 2.42. The highest BCUT2D eigenvalue weighted by Gasteiger charge is 2.51. The lowest BCUT2D eigenvalue weighted by Gasteiger charge is -2.37. The third-order valence-electron chi connectivity index (χ3n) is 7.18. The van der Waals surface area contributed by atoms with Crippen LogP contribution in [0.25, 0.3) is 0 Å².